The Morgan fingerprint density at radius 3 is 2.33 bits per heavy atom. The monoisotopic (exact) mass is 356 g/mol. The predicted molar refractivity (Wildman–Crippen MR) is 94.7 cm³/mol. The molecule has 1 saturated heterocycles. The Morgan fingerprint density at radius 1 is 1.17 bits per heavy atom. The van der Waals surface area contributed by atoms with E-state index >= 15 is 0 Å². The second-order valence-corrected chi connectivity index (χ2v) is 8.22. The van der Waals surface area contributed by atoms with Gasteiger partial charge in [-0.1, -0.05) is 6.07 Å². The molecule has 6 nitrogen and oxygen atoms in total. The molecule has 1 aliphatic heterocycles. The van der Waals surface area contributed by atoms with Gasteiger partial charge in [0.1, 0.15) is 0 Å². The van der Waals surface area contributed by atoms with Crippen LogP contribution in [-0.4, -0.2) is 46.1 Å². The molecule has 0 aromatic heterocycles. The van der Waals surface area contributed by atoms with Gasteiger partial charge in [0.2, 0.25) is 0 Å². The number of piperidine rings is 1. The van der Waals surface area contributed by atoms with Gasteiger partial charge >= 0.3 is 0 Å². The normalized spacial score (nSPS) is 17.2. The van der Waals surface area contributed by atoms with E-state index in [0.29, 0.717) is 19.0 Å². The highest BCUT2D eigenvalue weighted by molar-refractivity contribution is 7.87. The maximum atomic E-state index is 12.2. The van der Waals surface area contributed by atoms with Gasteiger partial charge in [0, 0.05) is 19.1 Å². The van der Waals surface area contributed by atoms with E-state index in [1.807, 2.05) is 32.0 Å². The van der Waals surface area contributed by atoms with E-state index in [2.05, 4.69) is 4.72 Å². The van der Waals surface area contributed by atoms with Crippen LogP contribution in [0.3, 0.4) is 0 Å². The second-order valence-electron chi connectivity index (χ2n) is 6.51. The highest BCUT2D eigenvalue weighted by atomic mass is 32.2. The molecule has 0 bridgehead atoms. The van der Waals surface area contributed by atoms with Crippen LogP contribution in [0.2, 0.25) is 0 Å². The van der Waals surface area contributed by atoms with Crippen molar-refractivity contribution in [3.8, 4) is 11.5 Å². The van der Waals surface area contributed by atoms with Crippen LogP contribution in [0.25, 0.3) is 0 Å². The van der Waals surface area contributed by atoms with Gasteiger partial charge in [-0.3, -0.25) is 0 Å². The first-order chi connectivity index (χ1) is 11.4. The average molecular weight is 356 g/mol. The Hall–Kier alpha value is -1.31. The molecule has 24 heavy (non-hydrogen) atoms. The van der Waals surface area contributed by atoms with Gasteiger partial charge in [-0.05, 0) is 56.7 Å². The largest absolute Gasteiger partial charge is 0.493 e. The van der Waals surface area contributed by atoms with E-state index in [-0.39, 0.29) is 6.04 Å². The van der Waals surface area contributed by atoms with Crippen molar-refractivity contribution in [3.05, 3.63) is 23.8 Å². The lowest BCUT2D eigenvalue weighted by Gasteiger charge is -2.31. The first-order valence-electron chi connectivity index (χ1n) is 8.34. The molecule has 136 valence electrons. The summed E-state index contributed by atoms with van der Waals surface area (Å²) in [7, 11) is -0.0962. The van der Waals surface area contributed by atoms with Crippen LogP contribution in [0.15, 0.2) is 18.2 Å². The summed E-state index contributed by atoms with van der Waals surface area (Å²) in [6.07, 6.45) is 2.66. The first-order valence-corrected chi connectivity index (χ1v) is 9.78. The quantitative estimate of drug-likeness (QED) is 0.813. The van der Waals surface area contributed by atoms with Crippen molar-refractivity contribution < 1.29 is 17.9 Å². The number of nitrogens with zero attached hydrogens (tertiary/aromatic N) is 1. The number of nitrogens with one attached hydrogen (secondary N) is 1. The van der Waals surface area contributed by atoms with Crippen molar-refractivity contribution in [1.29, 1.82) is 0 Å². The van der Waals surface area contributed by atoms with Gasteiger partial charge in [0.25, 0.3) is 10.2 Å². The number of hydrogen-bond donors (Lipinski definition) is 1. The van der Waals surface area contributed by atoms with Crippen molar-refractivity contribution in [1.82, 2.24) is 9.03 Å². The highest BCUT2D eigenvalue weighted by Crippen LogP contribution is 2.30. The van der Waals surface area contributed by atoms with Crippen LogP contribution in [0.1, 0.15) is 32.3 Å². The summed E-state index contributed by atoms with van der Waals surface area (Å²) >= 11 is 0. The molecule has 0 saturated carbocycles. The fourth-order valence-corrected chi connectivity index (χ4v) is 4.50. The third-order valence-electron chi connectivity index (χ3n) is 4.27. The van der Waals surface area contributed by atoms with Crippen molar-refractivity contribution in [2.75, 3.05) is 27.3 Å². The molecular formula is C17H28N2O4S. The summed E-state index contributed by atoms with van der Waals surface area (Å²) < 4.78 is 39.2. The molecule has 7 heteroatoms. The number of hydrogen-bond acceptors (Lipinski definition) is 4. The van der Waals surface area contributed by atoms with Gasteiger partial charge < -0.3 is 9.47 Å². The van der Waals surface area contributed by atoms with Crippen molar-refractivity contribution in [3.63, 3.8) is 0 Å². The second kappa shape index (κ2) is 8.18. The van der Waals surface area contributed by atoms with E-state index in [9.17, 15) is 8.42 Å². The standard InChI is InChI=1S/C17H28N2O4S/c1-13(2)18-24(20,21)19-9-7-14(8-10-19)11-15-5-6-16(22-3)17(12-15)23-4/h5-6,12-14,18H,7-11H2,1-4H3. The lowest BCUT2D eigenvalue weighted by atomic mass is 9.91. The Bertz CT molecular complexity index is 638. The predicted octanol–water partition coefficient (Wildman–Crippen LogP) is 2.20. The summed E-state index contributed by atoms with van der Waals surface area (Å²) in [4.78, 5) is 0. The lowest BCUT2D eigenvalue weighted by molar-refractivity contribution is 0.269. The molecule has 2 rings (SSSR count). The summed E-state index contributed by atoms with van der Waals surface area (Å²) in [6.45, 7) is 4.81. The molecular weight excluding hydrogens is 328 g/mol. The van der Waals surface area contributed by atoms with Crippen LogP contribution < -0.4 is 14.2 Å². The number of ether oxygens (including phenoxy) is 2. The van der Waals surface area contributed by atoms with Crippen LogP contribution in [-0.2, 0) is 16.6 Å². The van der Waals surface area contributed by atoms with Crippen LogP contribution >= 0.6 is 0 Å². The third-order valence-corrected chi connectivity index (χ3v) is 6.08. The minimum Gasteiger partial charge on any atom is -0.493 e. The maximum absolute atomic E-state index is 12.2. The molecule has 1 heterocycles. The van der Waals surface area contributed by atoms with E-state index < -0.39 is 10.2 Å². The molecule has 0 unspecified atom stereocenters. The molecule has 1 fully saturated rings. The Morgan fingerprint density at radius 2 is 1.79 bits per heavy atom. The molecule has 0 radical (unpaired) electrons. The minimum atomic E-state index is -3.35. The zero-order chi connectivity index (χ0) is 17.7. The molecule has 1 aromatic rings. The summed E-state index contributed by atoms with van der Waals surface area (Å²) in [5.41, 5.74) is 1.19. The average Bonchev–Trinajstić information content (AvgIpc) is 2.54. The van der Waals surface area contributed by atoms with Gasteiger partial charge in [-0.15, -0.1) is 0 Å². The Balaban J connectivity index is 1.94. The number of rotatable bonds is 7. The smallest absolute Gasteiger partial charge is 0.279 e. The first kappa shape index (κ1) is 19.0. The van der Waals surface area contributed by atoms with E-state index in [0.717, 1.165) is 30.8 Å². The van der Waals surface area contributed by atoms with Crippen molar-refractivity contribution in [2.24, 2.45) is 5.92 Å². The molecule has 1 aliphatic rings. The van der Waals surface area contributed by atoms with Crippen LogP contribution in [0, 0.1) is 5.92 Å². The zero-order valence-electron chi connectivity index (χ0n) is 14.9. The third kappa shape index (κ3) is 4.84. The molecule has 0 aliphatic carbocycles. The fourth-order valence-electron chi connectivity index (χ4n) is 3.07. The van der Waals surface area contributed by atoms with E-state index in [1.54, 1.807) is 18.5 Å². The van der Waals surface area contributed by atoms with Crippen molar-refractivity contribution in [2.45, 2.75) is 39.2 Å². The summed E-state index contributed by atoms with van der Waals surface area (Å²) in [5, 5.41) is 0. The minimum absolute atomic E-state index is 0.0838. The van der Waals surface area contributed by atoms with Crippen molar-refractivity contribution >= 4 is 10.2 Å². The SMILES string of the molecule is COc1ccc(CC2CCN(S(=O)(=O)NC(C)C)CC2)cc1OC. The summed E-state index contributed by atoms with van der Waals surface area (Å²) in [5.74, 6) is 1.94. The fraction of sp³-hybridized carbons (Fsp3) is 0.647. The highest BCUT2D eigenvalue weighted by Gasteiger charge is 2.28. The molecule has 0 atom stereocenters. The molecule has 0 amide bonds. The lowest BCUT2D eigenvalue weighted by Crippen LogP contribution is -2.47. The van der Waals surface area contributed by atoms with E-state index in [4.69, 9.17) is 9.47 Å². The Labute approximate surface area is 145 Å². The van der Waals surface area contributed by atoms with E-state index in [1.165, 1.54) is 5.56 Å². The van der Waals surface area contributed by atoms with Gasteiger partial charge in [-0.25, -0.2) is 0 Å². The summed E-state index contributed by atoms with van der Waals surface area (Å²) in [6, 6.07) is 5.88. The number of benzene rings is 1. The molecule has 1 N–H and O–H groups in total. The Kier molecular flexibility index (Phi) is 6.48. The van der Waals surface area contributed by atoms with Gasteiger partial charge in [0.15, 0.2) is 11.5 Å². The van der Waals surface area contributed by atoms with Gasteiger partial charge in [-0.2, -0.15) is 17.4 Å². The van der Waals surface area contributed by atoms with Crippen LogP contribution in [0.4, 0.5) is 0 Å². The van der Waals surface area contributed by atoms with Gasteiger partial charge in [0.05, 0.1) is 14.2 Å². The number of methoxy groups -OCH3 is 2. The molecule has 1 aromatic carbocycles. The topological polar surface area (TPSA) is 67.9 Å². The molecule has 0 spiro atoms. The zero-order valence-corrected chi connectivity index (χ0v) is 15.7. The van der Waals surface area contributed by atoms with Crippen LogP contribution in [0.5, 0.6) is 11.5 Å². The maximum Gasteiger partial charge on any atom is 0.279 e.